The summed E-state index contributed by atoms with van der Waals surface area (Å²) in [5.74, 6) is 0.718. The normalized spacial score (nSPS) is 19.0. The zero-order valence-electron chi connectivity index (χ0n) is 20.9. The predicted octanol–water partition coefficient (Wildman–Crippen LogP) is 4.23. The summed E-state index contributed by atoms with van der Waals surface area (Å²) in [5, 5.41) is 11.2. The Morgan fingerprint density at radius 1 is 1.05 bits per heavy atom. The van der Waals surface area contributed by atoms with Crippen LogP contribution in [0.2, 0.25) is 0 Å². The number of fused-ring (bicyclic) bond motifs is 4. The third-order valence-electron chi connectivity index (χ3n) is 7.78. The second kappa shape index (κ2) is 7.86. The van der Waals surface area contributed by atoms with Gasteiger partial charge >= 0.3 is 0 Å². The maximum Gasteiger partial charge on any atom is 0.219 e. The highest BCUT2D eigenvalue weighted by Crippen LogP contribution is 2.37. The van der Waals surface area contributed by atoms with Crippen LogP contribution in [0.1, 0.15) is 18.9 Å². The minimum Gasteiger partial charge on any atom is -0.350 e. The third-order valence-corrected chi connectivity index (χ3v) is 7.78. The van der Waals surface area contributed by atoms with Gasteiger partial charge in [0.05, 0.1) is 35.0 Å². The molecule has 2 aliphatic rings. The molecule has 2 saturated heterocycles. The van der Waals surface area contributed by atoms with Crippen LogP contribution in [0.25, 0.3) is 38.8 Å². The predicted molar refractivity (Wildman–Crippen MR) is 140 cm³/mol. The average molecular weight is 496 g/mol. The number of amides is 1. The number of hydrogen-bond donors (Lipinski definition) is 0. The van der Waals surface area contributed by atoms with Gasteiger partial charge in [0.2, 0.25) is 5.91 Å². The van der Waals surface area contributed by atoms with Crippen LogP contribution in [-0.2, 0) is 11.8 Å². The van der Waals surface area contributed by atoms with E-state index in [2.05, 4.69) is 23.0 Å². The van der Waals surface area contributed by atoms with E-state index >= 15 is 0 Å². The van der Waals surface area contributed by atoms with Crippen LogP contribution in [0.15, 0.2) is 54.9 Å². The molecule has 5 aromatic rings. The van der Waals surface area contributed by atoms with Crippen molar-refractivity contribution in [2.75, 3.05) is 18.0 Å². The van der Waals surface area contributed by atoms with Crippen molar-refractivity contribution < 1.29 is 9.18 Å². The highest BCUT2D eigenvalue weighted by Gasteiger charge is 2.44. The molecule has 9 heteroatoms. The number of hydrogen-bond acceptors (Lipinski definition) is 5. The van der Waals surface area contributed by atoms with Crippen molar-refractivity contribution in [2.24, 2.45) is 7.05 Å². The smallest absolute Gasteiger partial charge is 0.219 e. The van der Waals surface area contributed by atoms with Crippen molar-refractivity contribution >= 4 is 33.5 Å². The molecule has 3 aromatic heterocycles. The van der Waals surface area contributed by atoms with Crippen LogP contribution in [0.4, 0.5) is 10.2 Å². The molecule has 2 aromatic carbocycles. The van der Waals surface area contributed by atoms with Crippen molar-refractivity contribution in [3.8, 4) is 16.9 Å². The zero-order valence-corrected chi connectivity index (χ0v) is 20.9. The lowest BCUT2D eigenvalue weighted by molar-refractivity contribution is -0.129. The lowest BCUT2D eigenvalue weighted by Crippen LogP contribution is -2.48. The van der Waals surface area contributed by atoms with E-state index < -0.39 is 0 Å². The molecule has 0 saturated carbocycles. The third kappa shape index (κ3) is 3.33. The van der Waals surface area contributed by atoms with E-state index in [1.807, 2.05) is 53.3 Å². The molecule has 37 heavy (non-hydrogen) atoms. The number of benzene rings is 2. The number of halogens is 1. The number of nitrogens with zero attached hydrogens (tertiary/aromatic N) is 7. The SMILES string of the molecule is CC(=O)N1C[C@@H]2C[C@H]1CN2c1ccc(-n2nc(-c3cc(F)cc4nn(C)cc34)c3cccc(C)c32)cn1. The molecule has 0 N–H and O–H groups in total. The Morgan fingerprint density at radius 3 is 2.65 bits per heavy atom. The lowest BCUT2D eigenvalue weighted by Gasteiger charge is -2.34. The standard InChI is InChI=1S/C28H26FN7O/c1-16-5-4-6-22-27(23-9-18(29)10-25-24(23)15-33(3)31-25)32-36(28(16)22)19-7-8-26(30-12-19)35-14-20-11-21(35)13-34(20)17(2)37/h4-10,12,15,20-21H,11,13-14H2,1-3H3/t20-,21-/m0/s1. The molecular formula is C28H26FN7O. The highest BCUT2D eigenvalue weighted by molar-refractivity contribution is 6.03. The van der Waals surface area contributed by atoms with E-state index in [1.165, 1.54) is 12.1 Å². The number of aryl methyl sites for hydroxylation is 2. The molecule has 0 unspecified atom stereocenters. The fourth-order valence-corrected chi connectivity index (χ4v) is 6.13. The number of rotatable bonds is 3. The van der Waals surface area contributed by atoms with Gasteiger partial charge in [-0.2, -0.15) is 10.2 Å². The van der Waals surface area contributed by atoms with Crippen LogP contribution in [-0.4, -0.2) is 60.5 Å². The molecule has 0 aliphatic carbocycles. The minimum absolute atomic E-state index is 0.147. The summed E-state index contributed by atoms with van der Waals surface area (Å²) in [4.78, 5) is 20.9. The lowest BCUT2D eigenvalue weighted by atomic mass is 10.0. The van der Waals surface area contributed by atoms with E-state index in [0.717, 1.165) is 52.9 Å². The first-order valence-corrected chi connectivity index (χ1v) is 12.5. The van der Waals surface area contributed by atoms with Gasteiger partial charge < -0.3 is 9.80 Å². The molecule has 2 aliphatic heterocycles. The summed E-state index contributed by atoms with van der Waals surface area (Å²) in [5.41, 5.74) is 4.89. The van der Waals surface area contributed by atoms with Gasteiger partial charge in [0.1, 0.15) is 17.3 Å². The Labute approximate surface area is 212 Å². The van der Waals surface area contributed by atoms with E-state index in [9.17, 15) is 9.18 Å². The number of aromatic nitrogens is 5. The Morgan fingerprint density at radius 2 is 1.92 bits per heavy atom. The van der Waals surface area contributed by atoms with Crippen molar-refractivity contribution in [1.82, 2.24) is 29.4 Å². The molecule has 5 heterocycles. The van der Waals surface area contributed by atoms with Gasteiger partial charge in [-0.25, -0.2) is 14.1 Å². The molecule has 8 nitrogen and oxygen atoms in total. The summed E-state index contributed by atoms with van der Waals surface area (Å²) in [6.45, 7) is 5.27. The molecule has 7 rings (SSSR count). The summed E-state index contributed by atoms with van der Waals surface area (Å²) in [6, 6.07) is 13.7. The number of para-hydroxylation sites is 1. The van der Waals surface area contributed by atoms with E-state index in [-0.39, 0.29) is 17.8 Å². The Bertz CT molecular complexity index is 1700. The van der Waals surface area contributed by atoms with Gasteiger partial charge in [0.15, 0.2) is 0 Å². The molecule has 2 fully saturated rings. The monoisotopic (exact) mass is 495 g/mol. The molecule has 2 atom stereocenters. The first-order chi connectivity index (χ1) is 17.9. The number of piperazine rings is 1. The Hall–Kier alpha value is -4.27. The van der Waals surface area contributed by atoms with Crippen LogP contribution >= 0.6 is 0 Å². The average Bonchev–Trinajstić information content (AvgIpc) is 3.65. The number of likely N-dealkylation sites (tertiary alicyclic amines) is 1. The molecule has 1 amide bonds. The minimum atomic E-state index is -0.342. The van der Waals surface area contributed by atoms with Crippen LogP contribution in [0.5, 0.6) is 0 Å². The van der Waals surface area contributed by atoms with Crippen molar-refractivity contribution in [1.29, 1.82) is 0 Å². The highest BCUT2D eigenvalue weighted by atomic mass is 19.1. The largest absolute Gasteiger partial charge is 0.350 e. The molecule has 2 bridgehead atoms. The molecule has 0 radical (unpaired) electrons. The van der Waals surface area contributed by atoms with Crippen molar-refractivity contribution in [2.45, 2.75) is 32.4 Å². The van der Waals surface area contributed by atoms with Crippen molar-refractivity contribution in [3.63, 3.8) is 0 Å². The maximum atomic E-state index is 14.6. The summed E-state index contributed by atoms with van der Waals surface area (Å²) >= 11 is 0. The van der Waals surface area contributed by atoms with Crippen LogP contribution in [0, 0.1) is 12.7 Å². The number of carbonyl (C=O) groups is 1. The van der Waals surface area contributed by atoms with Crippen LogP contribution < -0.4 is 4.90 Å². The van der Waals surface area contributed by atoms with E-state index in [4.69, 9.17) is 10.1 Å². The maximum absolute atomic E-state index is 14.6. The topological polar surface area (TPSA) is 72.1 Å². The van der Waals surface area contributed by atoms with E-state index in [0.29, 0.717) is 22.8 Å². The van der Waals surface area contributed by atoms with Gasteiger partial charge in [-0.1, -0.05) is 18.2 Å². The Balaban J connectivity index is 1.31. The summed E-state index contributed by atoms with van der Waals surface area (Å²) < 4.78 is 18.2. The number of pyridine rings is 1. The van der Waals surface area contributed by atoms with Crippen LogP contribution in [0.3, 0.4) is 0 Å². The number of carbonyl (C=O) groups excluding carboxylic acids is 1. The summed E-state index contributed by atoms with van der Waals surface area (Å²) in [6.07, 6.45) is 4.74. The quantitative estimate of drug-likeness (QED) is 0.375. The fourth-order valence-electron chi connectivity index (χ4n) is 6.13. The van der Waals surface area contributed by atoms with Crippen molar-refractivity contribution in [3.05, 3.63) is 66.2 Å². The second-order valence-electron chi connectivity index (χ2n) is 10.2. The fraction of sp³-hybridized carbons (Fsp3) is 0.286. The first kappa shape index (κ1) is 22.0. The second-order valence-corrected chi connectivity index (χ2v) is 10.2. The van der Waals surface area contributed by atoms with E-state index in [1.54, 1.807) is 11.6 Å². The zero-order chi connectivity index (χ0) is 25.4. The molecule has 186 valence electrons. The number of anilines is 1. The first-order valence-electron chi connectivity index (χ1n) is 12.5. The summed E-state index contributed by atoms with van der Waals surface area (Å²) in [7, 11) is 1.83. The Kier molecular flexibility index (Phi) is 4.67. The molecular weight excluding hydrogens is 469 g/mol. The van der Waals surface area contributed by atoms with Gasteiger partial charge in [0, 0.05) is 55.7 Å². The van der Waals surface area contributed by atoms with Gasteiger partial charge in [0.25, 0.3) is 0 Å². The molecule has 0 spiro atoms. The van der Waals surface area contributed by atoms with Gasteiger partial charge in [-0.15, -0.1) is 0 Å². The van der Waals surface area contributed by atoms with Gasteiger partial charge in [-0.05, 0) is 37.1 Å². The van der Waals surface area contributed by atoms with Gasteiger partial charge in [-0.3, -0.25) is 9.48 Å².